The maximum Gasteiger partial charge on any atom is 0.125 e. The number of piperidine rings is 1. The zero-order chi connectivity index (χ0) is 11.1. The highest BCUT2D eigenvalue weighted by atomic mass is 19.1. The molecule has 86 valence electrons. The van der Waals surface area contributed by atoms with Gasteiger partial charge >= 0.3 is 0 Å². The third kappa shape index (κ3) is 1.50. The van der Waals surface area contributed by atoms with Crippen molar-refractivity contribution in [2.45, 2.75) is 12.3 Å². The first-order chi connectivity index (χ1) is 7.75. The zero-order valence-electron chi connectivity index (χ0n) is 9.54. The molecule has 2 nitrogen and oxygen atoms in total. The Hall–Kier alpha value is -1.09. The number of hydrogen-bond donors (Lipinski definition) is 1. The fourth-order valence-electron chi connectivity index (χ4n) is 3.14. The van der Waals surface area contributed by atoms with Gasteiger partial charge in [0.15, 0.2) is 0 Å². The maximum absolute atomic E-state index is 13.3. The van der Waals surface area contributed by atoms with Crippen molar-refractivity contribution in [3.63, 3.8) is 0 Å². The average Bonchev–Trinajstić information content (AvgIpc) is 2.29. The van der Waals surface area contributed by atoms with Gasteiger partial charge in [0.1, 0.15) is 5.82 Å². The summed E-state index contributed by atoms with van der Waals surface area (Å²) in [5, 5.41) is 3.45. The van der Waals surface area contributed by atoms with Crippen LogP contribution in [0.5, 0.6) is 0 Å². The molecule has 3 rings (SSSR count). The van der Waals surface area contributed by atoms with Crippen molar-refractivity contribution in [2.24, 2.45) is 5.92 Å². The summed E-state index contributed by atoms with van der Waals surface area (Å²) in [6.07, 6.45) is 1.18. The summed E-state index contributed by atoms with van der Waals surface area (Å²) < 4.78 is 13.3. The molecule has 1 N–H and O–H groups in total. The van der Waals surface area contributed by atoms with Crippen LogP contribution in [0.25, 0.3) is 0 Å². The number of halogens is 1. The van der Waals surface area contributed by atoms with Gasteiger partial charge in [0.2, 0.25) is 0 Å². The average molecular weight is 220 g/mol. The minimum atomic E-state index is -0.127. The van der Waals surface area contributed by atoms with E-state index < -0.39 is 0 Å². The van der Waals surface area contributed by atoms with E-state index in [2.05, 4.69) is 17.3 Å². The lowest BCUT2D eigenvalue weighted by Gasteiger charge is -2.42. The van der Waals surface area contributed by atoms with E-state index in [1.54, 1.807) is 12.1 Å². The molecule has 16 heavy (non-hydrogen) atoms. The summed E-state index contributed by atoms with van der Waals surface area (Å²) in [4.78, 5) is 2.19. The lowest BCUT2D eigenvalue weighted by Crippen LogP contribution is -2.44. The van der Waals surface area contributed by atoms with Gasteiger partial charge in [-0.25, -0.2) is 4.39 Å². The fourth-order valence-corrected chi connectivity index (χ4v) is 3.14. The molecular formula is C13H17FN2. The van der Waals surface area contributed by atoms with E-state index in [1.807, 2.05) is 6.07 Å². The van der Waals surface area contributed by atoms with Crippen LogP contribution in [-0.4, -0.2) is 26.7 Å². The van der Waals surface area contributed by atoms with E-state index in [1.165, 1.54) is 12.0 Å². The van der Waals surface area contributed by atoms with Crippen LogP contribution >= 0.6 is 0 Å². The van der Waals surface area contributed by atoms with Crippen LogP contribution in [0.4, 0.5) is 10.1 Å². The normalized spacial score (nSPS) is 28.5. The van der Waals surface area contributed by atoms with Crippen LogP contribution in [-0.2, 0) is 0 Å². The summed E-state index contributed by atoms with van der Waals surface area (Å²) in [6.45, 7) is 3.21. The second-order valence-electron chi connectivity index (χ2n) is 4.94. The number of rotatable bonds is 0. The largest absolute Gasteiger partial charge is 0.374 e. The Morgan fingerprint density at radius 1 is 1.44 bits per heavy atom. The molecule has 1 aromatic carbocycles. The standard InChI is InChI=1S/C13H17FN2/c1-16-8-9-7-15-5-4-11(9)12-3-2-10(14)6-13(12)16/h2-3,6,9,11,15H,4-5,7-8H2,1H3. The molecule has 2 heterocycles. The van der Waals surface area contributed by atoms with E-state index in [4.69, 9.17) is 0 Å². The minimum absolute atomic E-state index is 0.127. The number of benzene rings is 1. The smallest absolute Gasteiger partial charge is 0.125 e. The number of nitrogens with one attached hydrogen (secondary N) is 1. The maximum atomic E-state index is 13.3. The molecule has 2 unspecified atom stereocenters. The van der Waals surface area contributed by atoms with Gasteiger partial charge in [-0.15, -0.1) is 0 Å². The Balaban J connectivity index is 2.04. The Morgan fingerprint density at radius 3 is 3.19 bits per heavy atom. The monoisotopic (exact) mass is 220 g/mol. The van der Waals surface area contributed by atoms with Gasteiger partial charge in [-0.2, -0.15) is 0 Å². The summed E-state index contributed by atoms with van der Waals surface area (Å²) in [6, 6.07) is 5.24. The predicted octanol–water partition coefficient (Wildman–Crippen LogP) is 1.97. The van der Waals surface area contributed by atoms with E-state index in [9.17, 15) is 4.39 Å². The van der Waals surface area contributed by atoms with Crippen molar-refractivity contribution in [2.75, 3.05) is 31.6 Å². The van der Waals surface area contributed by atoms with Gasteiger partial charge in [0, 0.05) is 25.8 Å². The molecule has 0 bridgehead atoms. The Kier molecular flexibility index (Phi) is 2.36. The molecule has 0 aromatic heterocycles. The lowest BCUT2D eigenvalue weighted by atomic mass is 9.77. The van der Waals surface area contributed by atoms with Crippen LogP contribution < -0.4 is 10.2 Å². The topological polar surface area (TPSA) is 15.3 Å². The van der Waals surface area contributed by atoms with Gasteiger partial charge in [-0.1, -0.05) is 6.07 Å². The van der Waals surface area contributed by atoms with Gasteiger partial charge < -0.3 is 10.2 Å². The van der Waals surface area contributed by atoms with E-state index >= 15 is 0 Å². The molecule has 0 amide bonds. The first kappa shape index (κ1) is 10.1. The van der Waals surface area contributed by atoms with Crippen molar-refractivity contribution in [1.29, 1.82) is 0 Å². The van der Waals surface area contributed by atoms with Gasteiger partial charge in [0.25, 0.3) is 0 Å². The van der Waals surface area contributed by atoms with Crippen molar-refractivity contribution in [1.82, 2.24) is 5.32 Å². The number of fused-ring (bicyclic) bond motifs is 3. The molecule has 3 heteroatoms. The van der Waals surface area contributed by atoms with Gasteiger partial charge in [0.05, 0.1) is 0 Å². The predicted molar refractivity (Wildman–Crippen MR) is 63.4 cm³/mol. The number of nitrogens with zero attached hydrogens (tertiary/aromatic N) is 1. The molecule has 1 saturated heterocycles. The molecule has 2 aliphatic heterocycles. The van der Waals surface area contributed by atoms with Crippen LogP contribution in [0, 0.1) is 11.7 Å². The highest BCUT2D eigenvalue weighted by Crippen LogP contribution is 2.41. The quantitative estimate of drug-likeness (QED) is 0.719. The molecular weight excluding hydrogens is 203 g/mol. The van der Waals surface area contributed by atoms with Crippen LogP contribution in [0.1, 0.15) is 17.9 Å². The third-order valence-corrected chi connectivity index (χ3v) is 3.92. The molecule has 2 atom stereocenters. The van der Waals surface area contributed by atoms with Gasteiger partial charge in [-0.3, -0.25) is 0 Å². The number of anilines is 1. The second-order valence-corrected chi connectivity index (χ2v) is 4.94. The van der Waals surface area contributed by atoms with Crippen molar-refractivity contribution in [3.8, 4) is 0 Å². The summed E-state index contributed by atoms with van der Waals surface area (Å²) in [5.74, 6) is 1.17. The SMILES string of the molecule is CN1CC2CNCCC2c2ccc(F)cc21. The van der Waals surface area contributed by atoms with Crippen LogP contribution in [0.3, 0.4) is 0 Å². The van der Waals surface area contributed by atoms with E-state index in [-0.39, 0.29) is 5.82 Å². The molecule has 0 saturated carbocycles. The first-order valence-corrected chi connectivity index (χ1v) is 5.97. The molecule has 0 spiro atoms. The lowest BCUT2D eigenvalue weighted by molar-refractivity contribution is 0.318. The van der Waals surface area contributed by atoms with Crippen molar-refractivity contribution in [3.05, 3.63) is 29.6 Å². The van der Waals surface area contributed by atoms with Crippen LogP contribution in [0.15, 0.2) is 18.2 Å². The summed E-state index contributed by atoms with van der Waals surface area (Å²) in [5.41, 5.74) is 2.42. The van der Waals surface area contributed by atoms with E-state index in [0.29, 0.717) is 11.8 Å². The highest BCUT2D eigenvalue weighted by molar-refractivity contribution is 5.57. The van der Waals surface area contributed by atoms with E-state index in [0.717, 1.165) is 25.3 Å². The summed E-state index contributed by atoms with van der Waals surface area (Å²) in [7, 11) is 2.06. The Labute approximate surface area is 95.4 Å². The second kappa shape index (κ2) is 3.74. The molecule has 0 radical (unpaired) electrons. The number of hydrogen-bond acceptors (Lipinski definition) is 2. The third-order valence-electron chi connectivity index (χ3n) is 3.92. The first-order valence-electron chi connectivity index (χ1n) is 5.97. The molecule has 1 aromatic rings. The van der Waals surface area contributed by atoms with Crippen molar-refractivity contribution < 1.29 is 4.39 Å². The molecule has 1 fully saturated rings. The Bertz CT molecular complexity index is 405. The minimum Gasteiger partial charge on any atom is -0.374 e. The van der Waals surface area contributed by atoms with Crippen LogP contribution in [0.2, 0.25) is 0 Å². The summed E-state index contributed by atoms with van der Waals surface area (Å²) >= 11 is 0. The van der Waals surface area contributed by atoms with Gasteiger partial charge in [-0.05, 0) is 42.5 Å². The zero-order valence-corrected chi connectivity index (χ0v) is 9.54. The Morgan fingerprint density at radius 2 is 2.31 bits per heavy atom. The molecule has 0 aliphatic carbocycles. The molecule has 2 aliphatic rings. The highest BCUT2D eigenvalue weighted by Gasteiger charge is 2.33. The fraction of sp³-hybridized carbons (Fsp3) is 0.538. The van der Waals surface area contributed by atoms with Crippen molar-refractivity contribution >= 4 is 5.69 Å².